The van der Waals surface area contributed by atoms with Crippen LogP contribution in [0.2, 0.25) is 5.15 Å². The molecule has 1 aromatic heterocycles. The van der Waals surface area contributed by atoms with Gasteiger partial charge < -0.3 is 5.73 Å². The van der Waals surface area contributed by atoms with Crippen molar-refractivity contribution in [2.24, 2.45) is 11.7 Å². The lowest BCUT2D eigenvalue weighted by molar-refractivity contribution is 0.159. The maximum absolute atomic E-state index is 5.96. The molecule has 2 rings (SSSR count). The van der Waals surface area contributed by atoms with Gasteiger partial charge in [-0.2, -0.15) is 0 Å². The first-order valence-corrected chi connectivity index (χ1v) is 6.97. The van der Waals surface area contributed by atoms with Gasteiger partial charge in [0.25, 0.3) is 0 Å². The predicted molar refractivity (Wildman–Crippen MR) is 73.5 cm³/mol. The molecule has 0 spiro atoms. The Balaban J connectivity index is 1.95. The molecule has 18 heavy (non-hydrogen) atoms. The fourth-order valence-electron chi connectivity index (χ4n) is 2.63. The summed E-state index contributed by atoms with van der Waals surface area (Å²) in [5, 5.41) is 0.535. The molecule has 0 bridgehead atoms. The molecule has 2 heterocycles. The quantitative estimate of drug-likeness (QED) is 0.849. The maximum Gasteiger partial charge on any atom is 0.144 e. The van der Waals surface area contributed by atoms with E-state index in [1.54, 1.807) is 6.07 Å². The highest BCUT2D eigenvalue weighted by atomic mass is 35.5. The van der Waals surface area contributed by atoms with Gasteiger partial charge in [-0.3, -0.25) is 4.90 Å². The third kappa shape index (κ3) is 3.90. The topological polar surface area (TPSA) is 55.0 Å². The van der Waals surface area contributed by atoms with Crippen LogP contribution in [0.4, 0.5) is 0 Å². The molecular weight excluding hydrogens is 248 g/mol. The van der Waals surface area contributed by atoms with Gasteiger partial charge in [0.2, 0.25) is 0 Å². The minimum atomic E-state index is 0.535. The Morgan fingerprint density at radius 2 is 2.33 bits per heavy atom. The van der Waals surface area contributed by atoms with Crippen molar-refractivity contribution in [3.63, 3.8) is 0 Å². The molecule has 5 heteroatoms. The summed E-state index contributed by atoms with van der Waals surface area (Å²) >= 11 is 5.96. The Morgan fingerprint density at radius 3 is 3.06 bits per heavy atom. The zero-order valence-electron chi connectivity index (χ0n) is 10.9. The minimum absolute atomic E-state index is 0.535. The molecule has 1 unspecified atom stereocenters. The van der Waals surface area contributed by atoms with Crippen LogP contribution >= 0.6 is 11.6 Å². The molecule has 100 valence electrons. The van der Waals surface area contributed by atoms with E-state index in [1.807, 2.05) is 6.92 Å². The Labute approximate surface area is 114 Å². The van der Waals surface area contributed by atoms with Gasteiger partial charge in [-0.15, -0.1) is 0 Å². The number of rotatable bonds is 4. The third-order valence-electron chi connectivity index (χ3n) is 3.41. The van der Waals surface area contributed by atoms with Gasteiger partial charge in [0.1, 0.15) is 11.0 Å². The molecule has 1 fully saturated rings. The maximum atomic E-state index is 5.96. The molecule has 1 aliphatic rings. The Bertz CT molecular complexity index is 374. The number of nitrogens with two attached hydrogens (primary N) is 1. The molecule has 0 aromatic carbocycles. The fourth-order valence-corrected chi connectivity index (χ4v) is 2.88. The van der Waals surface area contributed by atoms with E-state index in [0.29, 0.717) is 5.15 Å². The minimum Gasteiger partial charge on any atom is -0.330 e. The molecule has 1 atom stereocenters. The van der Waals surface area contributed by atoms with Crippen molar-refractivity contribution in [2.45, 2.75) is 32.7 Å². The average molecular weight is 269 g/mol. The van der Waals surface area contributed by atoms with Gasteiger partial charge in [-0.05, 0) is 51.3 Å². The Hall–Kier alpha value is -0.710. The molecule has 0 aliphatic carbocycles. The van der Waals surface area contributed by atoms with E-state index in [2.05, 4.69) is 14.9 Å². The van der Waals surface area contributed by atoms with Crippen LogP contribution in [0.15, 0.2) is 6.07 Å². The second kappa shape index (κ2) is 6.45. The van der Waals surface area contributed by atoms with Crippen LogP contribution in [0.1, 0.15) is 30.8 Å². The van der Waals surface area contributed by atoms with Crippen molar-refractivity contribution in [3.05, 3.63) is 22.7 Å². The van der Waals surface area contributed by atoms with Gasteiger partial charge >= 0.3 is 0 Å². The monoisotopic (exact) mass is 268 g/mol. The Morgan fingerprint density at radius 1 is 1.50 bits per heavy atom. The van der Waals surface area contributed by atoms with E-state index >= 15 is 0 Å². The molecule has 0 amide bonds. The van der Waals surface area contributed by atoms with E-state index in [9.17, 15) is 0 Å². The fraction of sp³-hybridized carbons (Fsp3) is 0.692. The number of piperidine rings is 1. The second-order valence-electron chi connectivity index (χ2n) is 5.07. The van der Waals surface area contributed by atoms with E-state index < -0.39 is 0 Å². The molecular formula is C13H21ClN4. The second-order valence-corrected chi connectivity index (χ2v) is 5.46. The largest absolute Gasteiger partial charge is 0.330 e. The van der Waals surface area contributed by atoms with Crippen molar-refractivity contribution in [2.75, 3.05) is 19.6 Å². The molecule has 4 nitrogen and oxygen atoms in total. The Kier molecular flexibility index (Phi) is 4.92. The van der Waals surface area contributed by atoms with Gasteiger partial charge in [0, 0.05) is 12.2 Å². The van der Waals surface area contributed by atoms with Crippen molar-refractivity contribution < 1.29 is 0 Å². The van der Waals surface area contributed by atoms with Gasteiger partial charge in [-0.25, -0.2) is 9.97 Å². The van der Waals surface area contributed by atoms with Crippen LogP contribution in [-0.4, -0.2) is 34.5 Å². The van der Waals surface area contributed by atoms with E-state index in [1.165, 1.54) is 12.8 Å². The van der Waals surface area contributed by atoms with Crippen LogP contribution in [0.25, 0.3) is 0 Å². The van der Waals surface area contributed by atoms with Crippen LogP contribution in [0.5, 0.6) is 0 Å². The highest BCUT2D eigenvalue weighted by molar-refractivity contribution is 6.29. The first-order valence-electron chi connectivity index (χ1n) is 6.60. The molecule has 0 radical (unpaired) electrons. The number of aryl methyl sites for hydroxylation is 1. The van der Waals surface area contributed by atoms with Crippen molar-refractivity contribution in [1.82, 2.24) is 14.9 Å². The number of aromatic nitrogens is 2. The standard InChI is InChI=1S/C13H21ClN4/c1-10-7-12(14)17-13(16-10)9-18-6-2-3-11(8-18)4-5-15/h7,11H,2-6,8-9,15H2,1H3. The molecule has 1 aromatic rings. The highest BCUT2D eigenvalue weighted by Crippen LogP contribution is 2.20. The van der Waals surface area contributed by atoms with Crippen LogP contribution in [-0.2, 0) is 6.54 Å². The number of hydrogen-bond acceptors (Lipinski definition) is 4. The van der Waals surface area contributed by atoms with Gasteiger partial charge in [0.15, 0.2) is 0 Å². The lowest BCUT2D eigenvalue weighted by Crippen LogP contribution is -2.36. The summed E-state index contributed by atoms with van der Waals surface area (Å²) in [4.78, 5) is 11.1. The number of hydrogen-bond donors (Lipinski definition) is 1. The van der Waals surface area contributed by atoms with Gasteiger partial charge in [0.05, 0.1) is 6.54 Å². The number of halogens is 1. The summed E-state index contributed by atoms with van der Waals surface area (Å²) in [5.41, 5.74) is 6.57. The lowest BCUT2D eigenvalue weighted by atomic mass is 9.95. The molecule has 1 aliphatic heterocycles. The van der Waals surface area contributed by atoms with Gasteiger partial charge in [-0.1, -0.05) is 11.6 Å². The van der Waals surface area contributed by atoms with E-state index in [0.717, 1.165) is 50.0 Å². The molecule has 2 N–H and O–H groups in total. The first kappa shape index (κ1) is 13.7. The van der Waals surface area contributed by atoms with Crippen LogP contribution in [0, 0.1) is 12.8 Å². The molecule has 0 saturated carbocycles. The van der Waals surface area contributed by atoms with E-state index in [4.69, 9.17) is 17.3 Å². The summed E-state index contributed by atoms with van der Waals surface area (Å²) < 4.78 is 0. The zero-order valence-corrected chi connectivity index (χ0v) is 11.7. The smallest absolute Gasteiger partial charge is 0.144 e. The SMILES string of the molecule is Cc1cc(Cl)nc(CN2CCCC(CCN)C2)n1. The number of likely N-dealkylation sites (tertiary alicyclic amines) is 1. The number of nitrogens with zero attached hydrogens (tertiary/aromatic N) is 3. The first-order chi connectivity index (χ1) is 8.67. The van der Waals surface area contributed by atoms with Crippen LogP contribution in [0.3, 0.4) is 0 Å². The summed E-state index contributed by atoms with van der Waals surface area (Å²) in [6.45, 7) is 5.75. The summed E-state index contributed by atoms with van der Waals surface area (Å²) in [5.74, 6) is 1.55. The van der Waals surface area contributed by atoms with Crippen molar-refractivity contribution >= 4 is 11.6 Å². The summed E-state index contributed by atoms with van der Waals surface area (Å²) in [6, 6.07) is 1.79. The summed E-state index contributed by atoms with van der Waals surface area (Å²) in [7, 11) is 0. The van der Waals surface area contributed by atoms with Crippen molar-refractivity contribution in [1.29, 1.82) is 0 Å². The van der Waals surface area contributed by atoms with Crippen LogP contribution < -0.4 is 5.73 Å². The normalized spacial score (nSPS) is 21.2. The highest BCUT2D eigenvalue weighted by Gasteiger charge is 2.20. The van der Waals surface area contributed by atoms with E-state index in [-0.39, 0.29) is 0 Å². The zero-order chi connectivity index (χ0) is 13.0. The lowest BCUT2D eigenvalue weighted by Gasteiger charge is -2.32. The third-order valence-corrected chi connectivity index (χ3v) is 3.61. The average Bonchev–Trinajstić information content (AvgIpc) is 2.28. The van der Waals surface area contributed by atoms with Crippen molar-refractivity contribution in [3.8, 4) is 0 Å². The summed E-state index contributed by atoms with van der Waals surface area (Å²) in [6.07, 6.45) is 3.65. The predicted octanol–water partition coefficient (Wildman–Crippen LogP) is 2.00. The molecule has 1 saturated heterocycles.